The fourth-order valence-corrected chi connectivity index (χ4v) is 1.65. The Morgan fingerprint density at radius 2 is 2.19 bits per heavy atom. The number of carbonyl (C=O) groups excluding carboxylic acids is 2. The van der Waals surface area contributed by atoms with E-state index in [1.807, 2.05) is 0 Å². The summed E-state index contributed by atoms with van der Waals surface area (Å²) in [5.74, 6) is 0.298. The maximum Gasteiger partial charge on any atom is 0.341 e. The van der Waals surface area contributed by atoms with E-state index in [4.69, 9.17) is 13.6 Å². The SMILES string of the molecule is COC(=O)c1cc(COC(=O)/C=C/c2ccco2)oc1C. The van der Waals surface area contributed by atoms with Gasteiger partial charge in [0, 0.05) is 6.08 Å². The van der Waals surface area contributed by atoms with Crippen LogP contribution in [0.5, 0.6) is 0 Å². The molecule has 0 amide bonds. The Kier molecular flexibility index (Phi) is 4.61. The Bertz CT molecular complexity index is 648. The zero-order valence-corrected chi connectivity index (χ0v) is 11.6. The number of ether oxygens (including phenoxy) is 2. The van der Waals surface area contributed by atoms with E-state index in [0.717, 1.165) is 0 Å². The summed E-state index contributed by atoms with van der Waals surface area (Å²) in [6, 6.07) is 4.91. The molecule has 21 heavy (non-hydrogen) atoms. The molecule has 0 saturated carbocycles. The zero-order chi connectivity index (χ0) is 15.2. The van der Waals surface area contributed by atoms with Crippen LogP contribution in [0.4, 0.5) is 0 Å². The highest BCUT2D eigenvalue weighted by atomic mass is 16.5. The second kappa shape index (κ2) is 6.60. The van der Waals surface area contributed by atoms with Gasteiger partial charge in [0.15, 0.2) is 0 Å². The molecule has 0 aliphatic heterocycles. The van der Waals surface area contributed by atoms with E-state index < -0.39 is 11.9 Å². The number of methoxy groups -OCH3 is 1. The van der Waals surface area contributed by atoms with Gasteiger partial charge >= 0.3 is 11.9 Å². The van der Waals surface area contributed by atoms with Gasteiger partial charge < -0.3 is 18.3 Å². The number of esters is 2. The van der Waals surface area contributed by atoms with Crippen LogP contribution in [0.25, 0.3) is 6.08 Å². The van der Waals surface area contributed by atoms with Crippen LogP contribution in [0, 0.1) is 6.92 Å². The van der Waals surface area contributed by atoms with Crippen molar-refractivity contribution in [3.8, 4) is 0 Å². The molecule has 0 unspecified atom stereocenters. The highest BCUT2D eigenvalue weighted by Gasteiger charge is 2.15. The Morgan fingerprint density at radius 1 is 1.38 bits per heavy atom. The highest BCUT2D eigenvalue weighted by Crippen LogP contribution is 2.16. The topological polar surface area (TPSA) is 78.9 Å². The number of rotatable bonds is 5. The summed E-state index contributed by atoms with van der Waals surface area (Å²) in [5.41, 5.74) is 0.315. The number of hydrogen-bond acceptors (Lipinski definition) is 6. The molecule has 0 saturated heterocycles. The van der Waals surface area contributed by atoms with Crippen molar-refractivity contribution >= 4 is 18.0 Å². The van der Waals surface area contributed by atoms with E-state index in [0.29, 0.717) is 22.8 Å². The molecular formula is C15H14O6. The second-order valence-corrected chi connectivity index (χ2v) is 4.13. The predicted octanol–water partition coefficient (Wildman–Crippen LogP) is 2.72. The number of furan rings is 2. The first-order chi connectivity index (χ1) is 10.1. The van der Waals surface area contributed by atoms with Gasteiger partial charge in [-0.05, 0) is 31.2 Å². The molecule has 0 atom stereocenters. The van der Waals surface area contributed by atoms with Gasteiger partial charge in [-0.15, -0.1) is 0 Å². The van der Waals surface area contributed by atoms with Crippen LogP contribution in [0.2, 0.25) is 0 Å². The van der Waals surface area contributed by atoms with Gasteiger partial charge in [-0.25, -0.2) is 9.59 Å². The van der Waals surface area contributed by atoms with Crippen LogP contribution in [0.3, 0.4) is 0 Å². The van der Waals surface area contributed by atoms with E-state index >= 15 is 0 Å². The van der Waals surface area contributed by atoms with E-state index in [9.17, 15) is 9.59 Å². The lowest BCUT2D eigenvalue weighted by Gasteiger charge is -1.97. The first-order valence-corrected chi connectivity index (χ1v) is 6.16. The first-order valence-electron chi connectivity index (χ1n) is 6.16. The average molecular weight is 290 g/mol. The van der Waals surface area contributed by atoms with Crippen molar-refractivity contribution in [3.05, 3.63) is 53.4 Å². The summed E-state index contributed by atoms with van der Waals surface area (Å²) in [6.07, 6.45) is 4.25. The fraction of sp³-hybridized carbons (Fsp3) is 0.200. The number of aryl methyl sites for hydroxylation is 1. The van der Waals surface area contributed by atoms with Gasteiger partial charge in [-0.2, -0.15) is 0 Å². The first kappa shape index (κ1) is 14.6. The predicted molar refractivity (Wildman–Crippen MR) is 72.3 cm³/mol. The molecule has 6 heteroatoms. The van der Waals surface area contributed by atoms with Crippen molar-refractivity contribution in [1.29, 1.82) is 0 Å². The quantitative estimate of drug-likeness (QED) is 0.622. The van der Waals surface area contributed by atoms with Crippen LogP contribution in [-0.4, -0.2) is 19.0 Å². The third-order valence-corrected chi connectivity index (χ3v) is 2.66. The van der Waals surface area contributed by atoms with Crippen molar-refractivity contribution in [2.45, 2.75) is 13.5 Å². The average Bonchev–Trinajstić information content (AvgIpc) is 3.11. The van der Waals surface area contributed by atoms with Gasteiger partial charge in [-0.1, -0.05) is 0 Å². The molecule has 2 rings (SSSR count). The highest BCUT2D eigenvalue weighted by molar-refractivity contribution is 5.90. The molecule has 0 fully saturated rings. The van der Waals surface area contributed by atoms with Crippen LogP contribution in [0.1, 0.15) is 27.6 Å². The summed E-state index contributed by atoms with van der Waals surface area (Å²) < 4.78 is 20.0. The van der Waals surface area contributed by atoms with Gasteiger partial charge in [0.2, 0.25) is 0 Å². The van der Waals surface area contributed by atoms with Crippen molar-refractivity contribution in [3.63, 3.8) is 0 Å². The normalized spacial score (nSPS) is 10.8. The molecule has 6 nitrogen and oxygen atoms in total. The lowest BCUT2D eigenvalue weighted by molar-refractivity contribution is -0.139. The Morgan fingerprint density at radius 3 is 2.86 bits per heavy atom. The number of carbonyl (C=O) groups is 2. The standard InChI is InChI=1S/C15H14O6/c1-10-13(15(17)18-2)8-12(21-10)9-20-14(16)6-5-11-4-3-7-19-11/h3-8H,9H2,1-2H3/b6-5+. The summed E-state index contributed by atoms with van der Waals surface area (Å²) in [6.45, 7) is 1.56. The van der Waals surface area contributed by atoms with E-state index in [2.05, 4.69) is 4.74 Å². The smallest absolute Gasteiger partial charge is 0.341 e. The Balaban J connectivity index is 1.91. The Labute approximate surface area is 120 Å². The minimum atomic E-state index is -0.542. The summed E-state index contributed by atoms with van der Waals surface area (Å²) >= 11 is 0. The van der Waals surface area contributed by atoms with Gasteiger partial charge in [0.05, 0.1) is 13.4 Å². The molecular weight excluding hydrogens is 276 g/mol. The molecule has 0 aromatic carbocycles. The van der Waals surface area contributed by atoms with Gasteiger partial charge in [0.25, 0.3) is 0 Å². The summed E-state index contributed by atoms with van der Waals surface area (Å²) in [7, 11) is 1.29. The minimum absolute atomic E-state index is 0.0703. The molecule has 0 radical (unpaired) electrons. The second-order valence-electron chi connectivity index (χ2n) is 4.13. The lowest BCUT2D eigenvalue weighted by atomic mass is 10.2. The van der Waals surface area contributed by atoms with E-state index in [1.165, 1.54) is 31.6 Å². The van der Waals surface area contributed by atoms with Crippen molar-refractivity contribution in [1.82, 2.24) is 0 Å². The largest absolute Gasteiger partial charge is 0.465 e. The van der Waals surface area contributed by atoms with Crippen molar-refractivity contribution < 1.29 is 27.9 Å². The molecule has 2 heterocycles. The van der Waals surface area contributed by atoms with E-state index in [1.54, 1.807) is 19.1 Å². The fourth-order valence-electron chi connectivity index (χ4n) is 1.65. The van der Waals surface area contributed by atoms with Crippen molar-refractivity contribution in [2.75, 3.05) is 7.11 Å². The van der Waals surface area contributed by atoms with Gasteiger partial charge in [0.1, 0.15) is 29.5 Å². The van der Waals surface area contributed by atoms with Crippen LogP contribution in [-0.2, 0) is 20.9 Å². The number of hydrogen-bond donors (Lipinski definition) is 0. The minimum Gasteiger partial charge on any atom is -0.465 e. The summed E-state index contributed by atoms with van der Waals surface area (Å²) in [4.78, 5) is 22.9. The van der Waals surface area contributed by atoms with Crippen LogP contribution >= 0.6 is 0 Å². The monoisotopic (exact) mass is 290 g/mol. The van der Waals surface area contributed by atoms with Crippen molar-refractivity contribution in [2.24, 2.45) is 0 Å². The molecule has 0 aliphatic carbocycles. The zero-order valence-electron chi connectivity index (χ0n) is 11.6. The molecule has 0 aliphatic rings. The maximum atomic E-state index is 11.5. The summed E-state index contributed by atoms with van der Waals surface area (Å²) in [5, 5.41) is 0. The van der Waals surface area contributed by atoms with Crippen LogP contribution in [0.15, 0.2) is 39.4 Å². The van der Waals surface area contributed by atoms with Gasteiger partial charge in [-0.3, -0.25) is 0 Å². The van der Waals surface area contributed by atoms with Crippen LogP contribution < -0.4 is 0 Å². The maximum absolute atomic E-state index is 11.5. The molecule has 2 aromatic rings. The molecule has 2 aromatic heterocycles. The third-order valence-electron chi connectivity index (χ3n) is 2.66. The van der Waals surface area contributed by atoms with E-state index in [-0.39, 0.29) is 6.61 Å². The lowest BCUT2D eigenvalue weighted by Crippen LogP contribution is -2.01. The molecule has 0 spiro atoms. The molecule has 110 valence electrons. The Hall–Kier alpha value is -2.76. The molecule has 0 bridgehead atoms. The molecule has 0 N–H and O–H groups in total. The third kappa shape index (κ3) is 3.85.